The van der Waals surface area contributed by atoms with Gasteiger partial charge in [-0.1, -0.05) is 13.8 Å². The quantitative estimate of drug-likeness (QED) is 0.858. The molecule has 2 heterocycles. The van der Waals surface area contributed by atoms with Crippen molar-refractivity contribution in [1.82, 2.24) is 15.3 Å². The third-order valence-corrected chi connectivity index (χ3v) is 3.87. The van der Waals surface area contributed by atoms with Crippen LogP contribution in [0.5, 0.6) is 0 Å². The molecule has 0 atom stereocenters. The van der Waals surface area contributed by atoms with Gasteiger partial charge in [-0.25, -0.2) is 9.97 Å². The second-order valence-corrected chi connectivity index (χ2v) is 6.42. The van der Waals surface area contributed by atoms with Gasteiger partial charge in [-0.2, -0.15) is 0 Å². The van der Waals surface area contributed by atoms with Crippen LogP contribution in [0.15, 0.2) is 12.4 Å². The molecule has 6 heteroatoms. The smallest absolute Gasteiger partial charge is 0.239 e. The van der Waals surface area contributed by atoms with Crippen LogP contribution >= 0.6 is 11.3 Å². The number of anilines is 1. The zero-order valence-corrected chi connectivity index (χ0v) is 12.9. The first kappa shape index (κ1) is 14.7. The average Bonchev–Trinajstić information content (AvgIpc) is 2.76. The number of hydrogen-bond acceptors (Lipinski definition) is 5. The molecule has 2 N–H and O–H groups in total. The van der Waals surface area contributed by atoms with Gasteiger partial charge >= 0.3 is 0 Å². The highest BCUT2D eigenvalue weighted by molar-refractivity contribution is 7.18. The topological polar surface area (TPSA) is 66.9 Å². The molecule has 1 amide bonds. The summed E-state index contributed by atoms with van der Waals surface area (Å²) in [5.41, 5.74) is 0. The second-order valence-electron chi connectivity index (χ2n) is 5.18. The van der Waals surface area contributed by atoms with E-state index in [4.69, 9.17) is 0 Å². The van der Waals surface area contributed by atoms with Crippen molar-refractivity contribution in [2.24, 2.45) is 5.92 Å². The molecular weight excluding hydrogens is 272 g/mol. The van der Waals surface area contributed by atoms with Crippen LogP contribution < -0.4 is 10.6 Å². The van der Waals surface area contributed by atoms with Gasteiger partial charge in [0.15, 0.2) is 0 Å². The second kappa shape index (κ2) is 6.65. The maximum Gasteiger partial charge on any atom is 0.239 e. The molecule has 0 radical (unpaired) electrons. The van der Waals surface area contributed by atoms with Crippen molar-refractivity contribution in [2.75, 3.05) is 18.4 Å². The molecular formula is C14H20N4OS. The van der Waals surface area contributed by atoms with Crippen molar-refractivity contribution < 1.29 is 4.79 Å². The van der Waals surface area contributed by atoms with E-state index in [1.807, 2.05) is 13.0 Å². The number of rotatable bonds is 6. The van der Waals surface area contributed by atoms with E-state index in [1.54, 1.807) is 11.3 Å². The molecule has 0 spiro atoms. The van der Waals surface area contributed by atoms with Gasteiger partial charge in [-0.3, -0.25) is 4.79 Å². The normalized spacial score (nSPS) is 11.0. The minimum atomic E-state index is -0.00985. The SMILES string of the molecule is Cc1cc2c(NCC(=O)NCCC(C)C)ncnc2s1. The number of nitrogens with zero attached hydrogens (tertiary/aromatic N) is 2. The molecule has 0 fully saturated rings. The monoisotopic (exact) mass is 292 g/mol. The molecule has 20 heavy (non-hydrogen) atoms. The van der Waals surface area contributed by atoms with Crippen LogP contribution in [0.4, 0.5) is 5.82 Å². The van der Waals surface area contributed by atoms with Crippen molar-refractivity contribution in [2.45, 2.75) is 27.2 Å². The summed E-state index contributed by atoms with van der Waals surface area (Å²) in [6, 6.07) is 2.04. The van der Waals surface area contributed by atoms with E-state index in [2.05, 4.69) is 34.4 Å². The predicted octanol–water partition coefficient (Wildman–Crippen LogP) is 2.57. The Kier molecular flexibility index (Phi) is 4.89. The molecule has 0 bridgehead atoms. The number of aryl methyl sites for hydroxylation is 1. The number of thiophene rings is 1. The van der Waals surface area contributed by atoms with Crippen LogP contribution in [0.3, 0.4) is 0 Å². The van der Waals surface area contributed by atoms with Gasteiger partial charge in [0.2, 0.25) is 5.91 Å². The lowest BCUT2D eigenvalue weighted by atomic mass is 10.1. The van der Waals surface area contributed by atoms with Crippen LogP contribution in [0, 0.1) is 12.8 Å². The number of hydrogen-bond donors (Lipinski definition) is 2. The van der Waals surface area contributed by atoms with E-state index in [0.717, 1.165) is 29.0 Å². The maximum atomic E-state index is 11.7. The van der Waals surface area contributed by atoms with Gasteiger partial charge in [-0.05, 0) is 25.3 Å². The fraction of sp³-hybridized carbons (Fsp3) is 0.500. The molecule has 2 aromatic rings. The molecule has 2 rings (SSSR count). The van der Waals surface area contributed by atoms with Gasteiger partial charge < -0.3 is 10.6 Å². The third-order valence-electron chi connectivity index (χ3n) is 2.91. The zero-order chi connectivity index (χ0) is 14.5. The minimum absolute atomic E-state index is 0.00985. The number of amides is 1. The standard InChI is InChI=1S/C14H20N4OS/c1-9(2)4-5-15-12(19)7-16-13-11-6-10(3)20-14(11)18-8-17-13/h6,8-9H,4-5,7H2,1-3H3,(H,15,19)(H,16,17,18). The van der Waals surface area contributed by atoms with E-state index in [1.165, 1.54) is 11.2 Å². The number of nitrogens with one attached hydrogen (secondary N) is 2. The van der Waals surface area contributed by atoms with Gasteiger partial charge in [0.05, 0.1) is 11.9 Å². The summed E-state index contributed by atoms with van der Waals surface area (Å²) in [6.45, 7) is 7.27. The van der Waals surface area contributed by atoms with Crippen molar-refractivity contribution in [3.63, 3.8) is 0 Å². The van der Waals surface area contributed by atoms with Gasteiger partial charge in [-0.15, -0.1) is 11.3 Å². The Bertz CT molecular complexity index is 594. The van der Waals surface area contributed by atoms with Gasteiger partial charge in [0.25, 0.3) is 0 Å². The Morgan fingerprint density at radius 3 is 2.95 bits per heavy atom. The Balaban J connectivity index is 1.91. The van der Waals surface area contributed by atoms with E-state index in [-0.39, 0.29) is 12.5 Å². The van der Waals surface area contributed by atoms with E-state index >= 15 is 0 Å². The molecule has 0 saturated carbocycles. The first-order valence-electron chi connectivity index (χ1n) is 6.78. The van der Waals surface area contributed by atoms with Crippen LogP contribution in [-0.2, 0) is 4.79 Å². The highest BCUT2D eigenvalue weighted by Crippen LogP contribution is 2.27. The van der Waals surface area contributed by atoms with Crippen LogP contribution in [0.25, 0.3) is 10.2 Å². The first-order valence-corrected chi connectivity index (χ1v) is 7.59. The lowest BCUT2D eigenvalue weighted by Crippen LogP contribution is -2.31. The number of carbonyl (C=O) groups is 1. The maximum absolute atomic E-state index is 11.7. The fourth-order valence-electron chi connectivity index (χ4n) is 1.84. The molecule has 0 saturated heterocycles. The van der Waals surface area contributed by atoms with Crippen LogP contribution in [0.1, 0.15) is 25.1 Å². The lowest BCUT2D eigenvalue weighted by molar-refractivity contribution is -0.119. The summed E-state index contributed by atoms with van der Waals surface area (Å²) in [6.07, 6.45) is 2.52. The molecule has 2 aromatic heterocycles. The van der Waals surface area contributed by atoms with Crippen molar-refractivity contribution in [1.29, 1.82) is 0 Å². The summed E-state index contributed by atoms with van der Waals surface area (Å²) in [7, 11) is 0. The number of fused-ring (bicyclic) bond motifs is 1. The predicted molar refractivity (Wildman–Crippen MR) is 83.1 cm³/mol. The minimum Gasteiger partial charge on any atom is -0.360 e. The van der Waals surface area contributed by atoms with Crippen molar-refractivity contribution >= 4 is 33.3 Å². The Morgan fingerprint density at radius 1 is 1.40 bits per heavy atom. The van der Waals surface area contributed by atoms with Crippen molar-refractivity contribution in [3.8, 4) is 0 Å². The Morgan fingerprint density at radius 2 is 2.20 bits per heavy atom. The number of aromatic nitrogens is 2. The Hall–Kier alpha value is -1.69. The molecule has 5 nitrogen and oxygen atoms in total. The average molecular weight is 292 g/mol. The Labute approximate surface area is 122 Å². The molecule has 0 aliphatic heterocycles. The first-order chi connectivity index (χ1) is 9.56. The summed E-state index contributed by atoms with van der Waals surface area (Å²) in [4.78, 5) is 22.3. The number of carbonyl (C=O) groups excluding carboxylic acids is 1. The highest BCUT2D eigenvalue weighted by atomic mass is 32.1. The van der Waals surface area contributed by atoms with E-state index in [9.17, 15) is 4.79 Å². The zero-order valence-electron chi connectivity index (χ0n) is 12.1. The van der Waals surface area contributed by atoms with Crippen molar-refractivity contribution in [3.05, 3.63) is 17.3 Å². The molecule has 0 aliphatic rings. The third kappa shape index (κ3) is 3.90. The van der Waals surface area contributed by atoms with E-state index < -0.39 is 0 Å². The highest BCUT2D eigenvalue weighted by Gasteiger charge is 2.08. The molecule has 108 valence electrons. The summed E-state index contributed by atoms with van der Waals surface area (Å²) in [5.74, 6) is 1.31. The van der Waals surface area contributed by atoms with Crippen LogP contribution in [0.2, 0.25) is 0 Å². The molecule has 0 aromatic carbocycles. The lowest BCUT2D eigenvalue weighted by Gasteiger charge is -2.08. The van der Waals surface area contributed by atoms with Gasteiger partial charge in [0.1, 0.15) is 17.0 Å². The van der Waals surface area contributed by atoms with Crippen LogP contribution in [-0.4, -0.2) is 29.0 Å². The molecule has 0 unspecified atom stereocenters. The largest absolute Gasteiger partial charge is 0.360 e. The summed E-state index contributed by atoms with van der Waals surface area (Å²) >= 11 is 1.63. The summed E-state index contributed by atoms with van der Waals surface area (Å²) < 4.78 is 0. The fourth-order valence-corrected chi connectivity index (χ4v) is 2.69. The van der Waals surface area contributed by atoms with E-state index in [0.29, 0.717) is 5.92 Å². The molecule has 0 aliphatic carbocycles. The van der Waals surface area contributed by atoms with Gasteiger partial charge in [0, 0.05) is 11.4 Å². The summed E-state index contributed by atoms with van der Waals surface area (Å²) in [5, 5.41) is 6.95.